The summed E-state index contributed by atoms with van der Waals surface area (Å²) in [4.78, 5) is 9.54. The quantitative estimate of drug-likeness (QED) is 0.679. The van der Waals surface area contributed by atoms with Gasteiger partial charge in [0.05, 0.1) is 10.6 Å². The van der Waals surface area contributed by atoms with Crippen molar-refractivity contribution in [1.82, 2.24) is 14.3 Å². The zero-order chi connectivity index (χ0) is 19.9. The molecular weight excluding hydrogens is 370 g/mol. The van der Waals surface area contributed by atoms with E-state index in [1.54, 1.807) is 12.3 Å². The number of rotatable bonds is 3. The van der Waals surface area contributed by atoms with Crippen molar-refractivity contribution in [3.63, 3.8) is 0 Å². The molecule has 1 aliphatic heterocycles. The highest BCUT2D eigenvalue weighted by atomic mass is 32.2. The first kappa shape index (κ1) is 18.8. The molecule has 2 heterocycles. The van der Waals surface area contributed by atoms with Crippen molar-refractivity contribution in [2.45, 2.75) is 38.6 Å². The van der Waals surface area contributed by atoms with Gasteiger partial charge < -0.3 is 0 Å². The molecule has 0 amide bonds. The Bertz CT molecular complexity index is 1140. The van der Waals surface area contributed by atoms with Crippen molar-refractivity contribution in [1.29, 1.82) is 0 Å². The van der Waals surface area contributed by atoms with E-state index in [9.17, 15) is 8.42 Å². The third-order valence-corrected chi connectivity index (χ3v) is 7.33. The fraction of sp³-hybridized carbons (Fsp3) is 0.273. The molecule has 5 nitrogen and oxygen atoms in total. The summed E-state index contributed by atoms with van der Waals surface area (Å²) in [6, 6.07) is 13.5. The molecule has 0 fully saturated rings. The predicted molar refractivity (Wildman–Crippen MR) is 109 cm³/mol. The highest BCUT2D eigenvalue weighted by molar-refractivity contribution is 7.89. The number of hydrogen-bond acceptors (Lipinski definition) is 4. The summed E-state index contributed by atoms with van der Waals surface area (Å²) in [6.45, 7) is 6.52. The Morgan fingerprint density at radius 1 is 0.964 bits per heavy atom. The number of aryl methyl sites for hydroxylation is 3. The number of benzene rings is 2. The Balaban J connectivity index is 1.65. The molecule has 6 heteroatoms. The number of hydrogen-bond donors (Lipinski definition) is 0. The van der Waals surface area contributed by atoms with Gasteiger partial charge in [-0.3, -0.25) is 0 Å². The van der Waals surface area contributed by atoms with Gasteiger partial charge in [0.25, 0.3) is 0 Å². The second-order valence-corrected chi connectivity index (χ2v) is 9.23. The predicted octanol–water partition coefficient (Wildman–Crippen LogP) is 3.82. The number of nitrogens with zero attached hydrogens (tertiary/aromatic N) is 3. The number of aromatic nitrogens is 2. The molecule has 0 spiro atoms. The zero-order valence-corrected chi connectivity index (χ0v) is 17.1. The summed E-state index contributed by atoms with van der Waals surface area (Å²) in [5.74, 6) is 0.681. The third-order valence-electron chi connectivity index (χ3n) is 5.34. The molecular formula is C22H23N3O2S. The summed E-state index contributed by atoms with van der Waals surface area (Å²) in [5, 5.41) is 0. The lowest BCUT2D eigenvalue weighted by molar-refractivity contribution is 0.386. The van der Waals surface area contributed by atoms with Gasteiger partial charge in [0.1, 0.15) is 0 Å². The van der Waals surface area contributed by atoms with Crippen LogP contribution in [0.15, 0.2) is 53.6 Å². The molecule has 0 unspecified atom stereocenters. The van der Waals surface area contributed by atoms with Crippen LogP contribution in [0.3, 0.4) is 0 Å². The summed E-state index contributed by atoms with van der Waals surface area (Å²) in [7, 11) is -3.56. The minimum absolute atomic E-state index is 0.305. The van der Waals surface area contributed by atoms with Crippen LogP contribution in [0.5, 0.6) is 0 Å². The molecule has 4 rings (SSSR count). The summed E-state index contributed by atoms with van der Waals surface area (Å²) in [5.41, 5.74) is 5.63. The van der Waals surface area contributed by atoms with Crippen LogP contribution >= 0.6 is 0 Å². The summed E-state index contributed by atoms with van der Waals surface area (Å²) in [6.07, 6.45) is 2.35. The maximum absolute atomic E-state index is 13.3. The summed E-state index contributed by atoms with van der Waals surface area (Å²) >= 11 is 0. The Labute approximate surface area is 166 Å². The first-order valence-electron chi connectivity index (χ1n) is 9.34. The van der Waals surface area contributed by atoms with Crippen LogP contribution in [0.2, 0.25) is 0 Å². The smallest absolute Gasteiger partial charge is 0.236 e. The summed E-state index contributed by atoms with van der Waals surface area (Å²) < 4.78 is 28.0. The normalized spacial score (nSPS) is 14.7. The van der Waals surface area contributed by atoms with Crippen LogP contribution in [0.1, 0.15) is 27.9 Å². The van der Waals surface area contributed by atoms with Crippen LogP contribution < -0.4 is 0 Å². The van der Waals surface area contributed by atoms with E-state index in [1.807, 2.05) is 57.2 Å². The topological polar surface area (TPSA) is 63.2 Å². The highest BCUT2D eigenvalue weighted by Gasteiger charge is 2.30. The largest absolute Gasteiger partial charge is 0.243 e. The number of fused-ring (bicyclic) bond motifs is 1. The van der Waals surface area contributed by atoms with Crippen LogP contribution in [-0.4, -0.2) is 29.2 Å². The molecule has 0 saturated heterocycles. The van der Waals surface area contributed by atoms with E-state index in [0.717, 1.165) is 33.5 Å². The van der Waals surface area contributed by atoms with Gasteiger partial charge in [-0.25, -0.2) is 18.4 Å². The van der Waals surface area contributed by atoms with E-state index >= 15 is 0 Å². The minimum Gasteiger partial charge on any atom is -0.236 e. The van der Waals surface area contributed by atoms with Crippen molar-refractivity contribution in [2.24, 2.45) is 0 Å². The van der Waals surface area contributed by atoms with Gasteiger partial charge in [0.2, 0.25) is 10.0 Å². The van der Waals surface area contributed by atoms with E-state index in [1.165, 1.54) is 4.31 Å². The van der Waals surface area contributed by atoms with Gasteiger partial charge in [0, 0.05) is 36.8 Å². The molecule has 0 bridgehead atoms. The van der Waals surface area contributed by atoms with Crippen molar-refractivity contribution >= 4 is 10.0 Å². The van der Waals surface area contributed by atoms with Gasteiger partial charge >= 0.3 is 0 Å². The zero-order valence-electron chi connectivity index (χ0n) is 16.3. The minimum atomic E-state index is -3.56. The lowest BCUT2D eigenvalue weighted by Crippen LogP contribution is -2.36. The van der Waals surface area contributed by atoms with Gasteiger partial charge in [0.15, 0.2) is 5.82 Å². The Morgan fingerprint density at radius 2 is 1.68 bits per heavy atom. The van der Waals surface area contributed by atoms with Crippen LogP contribution in [0.25, 0.3) is 11.4 Å². The van der Waals surface area contributed by atoms with Crippen LogP contribution in [0, 0.1) is 20.8 Å². The molecule has 2 aromatic carbocycles. The Hall–Kier alpha value is -2.57. The van der Waals surface area contributed by atoms with E-state index < -0.39 is 10.0 Å². The lowest BCUT2D eigenvalue weighted by Gasteiger charge is -2.28. The molecule has 1 aliphatic rings. The fourth-order valence-corrected chi connectivity index (χ4v) is 5.28. The van der Waals surface area contributed by atoms with Gasteiger partial charge in [-0.05, 0) is 43.5 Å². The SMILES string of the molecule is Cc1cc(C)c(S(=O)(=O)N2CCc3nc(-c4ccccc4)ncc3C2)cc1C. The average Bonchev–Trinajstić information content (AvgIpc) is 2.70. The highest BCUT2D eigenvalue weighted by Crippen LogP contribution is 2.28. The lowest BCUT2D eigenvalue weighted by atomic mass is 10.1. The van der Waals surface area contributed by atoms with Gasteiger partial charge in [-0.15, -0.1) is 0 Å². The van der Waals surface area contributed by atoms with E-state index in [2.05, 4.69) is 9.97 Å². The molecule has 0 aliphatic carbocycles. The van der Waals surface area contributed by atoms with E-state index in [-0.39, 0.29) is 0 Å². The van der Waals surface area contributed by atoms with Gasteiger partial charge in [-0.2, -0.15) is 4.31 Å². The first-order valence-corrected chi connectivity index (χ1v) is 10.8. The van der Waals surface area contributed by atoms with E-state index in [0.29, 0.717) is 30.2 Å². The third kappa shape index (κ3) is 3.34. The second kappa shape index (κ2) is 7.11. The van der Waals surface area contributed by atoms with Gasteiger partial charge in [-0.1, -0.05) is 36.4 Å². The molecule has 0 atom stereocenters. The molecule has 144 valence electrons. The van der Waals surface area contributed by atoms with Crippen LogP contribution in [-0.2, 0) is 23.0 Å². The molecule has 0 radical (unpaired) electrons. The molecule has 3 aromatic rings. The van der Waals surface area contributed by atoms with Crippen molar-refractivity contribution in [2.75, 3.05) is 6.54 Å². The number of sulfonamides is 1. The van der Waals surface area contributed by atoms with Crippen molar-refractivity contribution in [3.05, 3.63) is 76.6 Å². The molecule has 1 aromatic heterocycles. The van der Waals surface area contributed by atoms with E-state index in [4.69, 9.17) is 0 Å². The fourth-order valence-electron chi connectivity index (χ4n) is 3.57. The van der Waals surface area contributed by atoms with Crippen LogP contribution in [0.4, 0.5) is 0 Å². The maximum Gasteiger partial charge on any atom is 0.243 e. The molecule has 28 heavy (non-hydrogen) atoms. The standard InChI is InChI=1S/C22H23N3O2S/c1-15-11-17(3)21(12-16(15)2)28(26,27)25-10-9-20-19(14-25)13-23-22(24-20)18-7-5-4-6-8-18/h4-8,11-13H,9-10,14H2,1-3H3. The van der Waals surface area contributed by atoms with Crippen molar-refractivity contribution < 1.29 is 8.42 Å². The maximum atomic E-state index is 13.3. The Morgan fingerprint density at radius 3 is 2.43 bits per heavy atom. The molecule has 0 N–H and O–H groups in total. The second-order valence-electron chi connectivity index (χ2n) is 7.32. The van der Waals surface area contributed by atoms with Crippen molar-refractivity contribution in [3.8, 4) is 11.4 Å². The average molecular weight is 394 g/mol. The molecule has 0 saturated carbocycles. The monoisotopic (exact) mass is 393 g/mol. The first-order chi connectivity index (χ1) is 13.4. The Kier molecular flexibility index (Phi) is 4.77.